The van der Waals surface area contributed by atoms with Crippen molar-refractivity contribution in [2.24, 2.45) is 17.8 Å². The van der Waals surface area contributed by atoms with E-state index < -0.39 is 11.6 Å². The molecule has 3 heteroatoms. The molecule has 1 aliphatic carbocycles. The van der Waals surface area contributed by atoms with E-state index in [9.17, 15) is 9.90 Å². The molecule has 3 nitrogen and oxygen atoms in total. The molecule has 0 bridgehead atoms. The average Bonchev–Trinajstić information content (AvgIpc) is 2.17. The lowest BCUT2D eigenvalue weighted by Crippen LogP contribution is -2.48. The summed E-state index contributed by atoms with van der Waals surface area (Å²) >= 11 is 0. The highest BCUT2D eigenvalue weighted by Crippen LogP contribution is 2.41. The van der Waals surface area contributed by atoms with Gasteiger partial charge in [0.25, 0.3) is 0 Å². The zero-order chi connectivity index (χ0) is 11.6. The van der Waals surface area contributed by atoms with Crippen LogP contribution in [0, 0.1) is 17.8 Å². The zero-order valence-corrected chi connectivity index (χ0v) is 9.86. The number of hydrogen-bond acceptors (Lipinski definition) is 2. The Bertz CT molecular complexity index is 233. The number of carbonyl (C=O) groups is 1. The van der Waals surface area contributed by atoms with Crippen LogP contribution in [0.5, 0.6) is 0 Å². The van der Waals surface area contributed by atoms with Crippen LogP contribution in [0.4, 0.5) is 0 Å². The second-order valence-corrected chi connectivity index (χ2v) is 5.25. The molecule has 0 heterocycles. The lowest BCUT2D eigenvalue weighted by molar-refractivity contribution is -0.167. The van der Waals surface area contributed by atoms with E-state index in [0.29, 0.717) is 11.8 Å². The summed E-state index contributed by atoms with van der Waals surface area (Å²) in [5, 5.41) is 19.1. The molecule has 0 amide bonds. The van der Waals surface area contributed by atoms with Crippen molar-refractivity contribution in [3.63, 3.8) is 0 Å². The molecule has 3 atom stereocenters. The van der Waals surface area contributed by atoms with Gasteiger partial charge in [0.1, 0.15) is 0 Å². The highest BCUT2D eigenvalue weighted by Gasteiger charge is 2.45. The van der Waals surface area contributed by atoms with Crippen LogP contribution >= 0.6 is 0 Å². The monoisotopic (exact) mass is 214 g/mol. The predicted molar refractivity (Wildman–Crippen MR) is 58.5 cm³/mol. The van der Waals surface area contributed by atoms with Crippen molar-refractivity contribution < 1.29 is 15.0 Å². The van der Waals surface area contributed by atoms with Crippen LogP contribution in [0.25, 0.3) is 0 Å². The third-order valence-electron chi connectivity index (χ3n) is 3.83. The lowest BCUT2D eigenvalue weighted by Gasteiger charge is -2.40. The van der Waals surface area contributed by atoms with E-state index in [1.165, 1.54) is 6.92 Å². The molecule has 15 heavy (non-hydrogen) atoms. The summed E-state index contributed by atoms with van der Waals surface area (Å²) < 4.78 is 0. The quantitative estimate of drug-likeness (QED) is 0.757. The molecule has 2 N–H and O–H groups in total. The number of rotatable bonds is 3. The van der Waals surface area contributed by atoms with E-state index in [1.807, 2.05) is 0 Å². The molecule has 1 fully saturated rings. The molecule has 88 valence electrons. The molecule has 0 saturated heterocycles. The molecule has 0 aromatic carbocycles. The van der Waals surface area contributed by atoms with Crippen molar-refractivity contribution >= 4 is 5.97 Å². The summed E-state index contributed by atoms with van der Waals surface area (Å²) in [6, 6.07) is 0. The van der Waals surface area contributed by atoms with Gasteiger partial charge in [-0.3, -0.25) is 0 Å². The molecular weight excluding hydrogens is 192 g/mol. The Balaban J connectivity index is 2.84. The predicted octanol–water partition coefficient (Wildman–Crippen LogP) is 2.28. The van der Waals surface area contributed by atoms with Gasteiger partial charge in [0.05, 0.1) is 0 Å². The van der Waals surface area contributed by atoms with Gasteiger partial charge in [0.15, 0.2) is 5.60 Å². The van der Waals surface area contributed by atoms with Gasteiger partial charge >= 0.3 is 5.97 Å². The first-order valence-corrected chi connectivity index (χ1v) is 5.83. The fourth-order valence-corrected chi connectivity index (χ4v) is 2.81. The first kappa shape index (κ1) is 12.5. The minimum atomic E-state index is -1.56. The summed E-state index contributed by atoms with van der Waals surface area (Å²) in [7, 11) is 0. The van der Waals surface area contributed by atoms with Crippen LogP contribution in [0.2, 0.25) is 0 Å². The van der Waals surface area contributed by atoms with Gasteiger partial charge in [-0.25, -0.2) is 4.79 Å². The molecule has 0 spiro atoms. The Morgan fingerprint density at radius 1 is 1.33 bits per heavy atom. The van der Waals surface area contributed by atoms with E-state index in [1.54, 1.807) is 0 Å². The van der Waals surface area contributed by atoms with Crippen molar-refractivity contribution in [2.45, 2.75) is 52.1 Å². The number of aliphatic hydroxyl groups is 1. The van der Waals surface area contributed by atoms with Crippen LogP contribution in [-0.4, -0.2) is 21.8 Å². The van der Waals surface area contributed by atoms with E-state index in [2.05, 4.69) is 13.8 Å². The van der Waals surface area contributed by atoms with Crippen molar-refractivity contribution in [3.05, 3.63) is 0 Å². The Hall–Kier alpha value is -0.570. The van der Waals surface area contributed by atoms with Gasteiger partial charge < -0.3 is 10.2 Å². The van der Waals surface area contributed by atoms with Crippen LogP contribution < -0.4 is 0 Å². The zero-order valence-electron chi connectivity index (χ0n) is 9.86. The maximum Gasteiger partial charge on any atom is 0.335 e. The molecule has 1 aliphatic rings. The van der Waals surface area contributed by atoms with Gasteiger partial charge in [-0.1, -0.05) is 26.7 Å². The van der Waals surface area contributed by atoms with Crippen LogP contribution in [0.15, 0.2) is 0 Å². The number of carboxylic acid groups (broad SMARTS) is 1. The summed E-state index contributed by atoms with van der Waals surface area (Å²) in [5.74, 6) is -0.394. The van der Waals surface area contributed by atoms with Crippen molar-refractivity contribution in [3.8, 4) is 0 Å². The maximum atomic E-state index is 11.0. The maximum absolute atomic E-state index is 11.0. The first-order valence-electron chi connectivity index (χ1n) is 5.83. The smallest absolute Gasteiger partial charge is 0.335 e. The van der Waals surface area contributed by atoms with Gasteiger partial charge in [-0.2, -0.15) is 0 Å². The number of aliphatic carboxylic acids is 1. The third kappa shape index (κ3) is 2.51. The van der Waals surface area contributed by atoms with E-state index in [0.717, 1.165) is 25.7 Å². The fourth-order valence-electron chi connectivity index (χ4n) is 2.81. The SMILES string of the molecule is CC(C)C1CCCCC1C(C)(O)C(=O)O. The van der Waals surface area contributed by atoms with E-state index in [-0.39, 0.29) is 5.92 Å². The van der Waals surface area contributed by atoms with Crippen LogP contribution in [-0.2, 0) is 4.79 Å². The summed E-state index contributed by atoms with van der Waals surface area (Å²) in [6.45, 7) is 5.67. The molecule has 0 aromatic heterocycles. The van der Waals surface area contributed by atoms with Crippen molar-refractivity contribution in [1.82, 2.24) is 0 Å². The normalized spacial score (nSPS) is 31.3. The minimum absolute atomic E-state index is 0.0938. The Morgan fingerprint density at radius 2 is 1.87 bits per heavy atom. The van der Waals surface area contributed by atoms with Gasteiger partial charge in [0.2, 0.25) is 0 Å². The Morgan fingerprint density at radius 3 is 2.33 bits per heavy atom. The lowest BCUT2D eigenvalue weighted by atomic mass is 9.67. The topological polar surface area (TPSA) is 57.5 Å². The molecule has 0 aliphatic heterocycles. The summed E-state index contributed by atoms with van der Waals surface area (Å²) in [6.07, 6.45) is 4.08. The van der Waals surface area contributed by atoms with Gasteiger partial charge in [-0.15, -0.1) is 0 Å². The number of carboxylic acids is 1. The Labute approximate surface area is 91.5 Å². The largest absolute Gasteiger partial charge is 0.479 e. The Kier molecular flexibility index (Phi) is 3.77. The number of hydrogen-bond donors (Lipinski definition) is 2. The molecule has 1 rings (SSSR count). The summed E-state index contributed by atoms with van der Waals surface area (Å²) in [4.78, 5) is 11.0. The highest BCUT2D eigenvalue weighted by atomic mass is 16.4. The highest BCUT2D eigenvalue weighted by molar-refractivity contribution is 5.77. The van der Waals surface area contributed by atoms with Crippen molar-refractivity contribution in [2.75, 3.05) is 0 Å². The van der Waals surface area contributed by atoms with Gasteiger partial charge in [-0.05, 0) is 31.6 Å². The molecule has 0 radical (unpaired) electrons. The van der Waals surface area contributed by atoms with Crippen molar-refractivity contribution in [1.29, 1.82) is 0 Å². The standard InChI is InChI=1S/C12H22O3/c1-8(2)9-6-4-5-7-10(9)12(3,15)11(13)14/h8-10,15H,4-7H2,1-3H3,(H,13,14). The average molecular weight is 214 g/mol. The van der Waals surface area contributed by atoms with Crippen LogP contribution in [0.3, 0.4) is 0 Å². The second-order valence-electron chi connectivity index (χ2n) is 5.25. The fraction of sp³-hybridized carbons (Fsp3) is 0.917. The summed E-state index contributed by atoms with van der Waals surface area (Å²) in [5.41, 5.74) is -1.56. The molecular formula is C12H22O3. The first-order chi connectivity index (χ1) is 6.87. The second kappa shape index (κ2) is 4.52. The molecule has 3 unspecified atom stereocenters. The van der Waals surface area contributed by atoms with Gasteiger partial charge in [0, 0.05) is 5.92 Å². The van der Waals surface area contributed by atoms with E-state index in [4.69, 9.17) is 5.11 Å². The van der Waals surface area contributed by atoms with Crippen LogP contribution in [0.1, 0.15) is 46.5 Å². The molecule has 0 aromatic rings. The third-order valence-corrected chi connectivity index (χ3v) is 3.83. The van der Waals surface area contributed by atoms with E-state index >= 15 is 0 Å². The molecule has 1 saturated carbocycles. The minimum Gasteiger partial charge on any atom is -0.479 e.